The average Bonchev–Trinajstić information content (AvgIpc) is 2.53. The van der Waals surface area contributed by atoms with Gasteiger partial charge in [-0.15, -0.1) is 0 Å². The molecule has 0 radical (unpaired) electrons. The van der Waals surface area contributed by atoms with Crippen LogP contribution in [0, 0.1) is 11.3 Å². The number of benzene rings is 2. The Morgan fingerprint density at radius 2 is 1.95 bits per heavy atom. The van der Waals surface area contributed by atoms with E-state index < -0.39 is 0 Å². The van der Waals surface area contributed by atoms with Crippen LogP contribution in [0.2, 0.25) is 0 Å². The molecule has 0 atom stereocenters. The van der Waals surface area contributed by atoms with Crippen LogP contribution in [-0.4, -0.2) is 13.7 Å². The van der Waals surface area contributed by atoms with Crippen molar-refractivity contribution in [3.63, 3.8) is 0 Å². The summed E-state index contributed by atoms with van der Waals surface area (Å²) < 4.78 is 5.40. The molecular weight excluding hydrogens is 262 g/mol. The standard InChI is InChI=1S/C17H19N3O/c1-21-17-12-15(19)9-8-14(17)13-20(11-5-10-18)16-6-3-2-4-7-16/h2-4,6-9,12H,5,11,13,19H2,1H3. The largest absolute Gasteiger partial charge is 0.496 e. The van der Waals surface area contributed by atoms with E-state index in [9.17, 15) is 0 Å². The van der Waals surface area contributed by atoms with E-state index in [2.05, 4.69) is 11.0 Å². The molecule has 21 heavy (non-hydrogen) atoms. The summed E-state index contributed by atoms with van der Waals surface area (Å²) in [5.41, 5.74) is 8.61. The van der Waals surface area contributed by atoms with Crippen LogP contribution >= 0.6 is 0 Å². The SMILES string of the molecule is COc1cc(N)ccc1CN(CCC#N)c1ccccc1. The van der Waals surface area contributed by atoms with Crippen molar-refractivity contribution in [1.29, 1.82) is 5.26 Å². The van der Waals surface area contributed by atoms with Gasteiger partial charge in [0.15, 0.2) is 0 Å². The minimum absolute atomic E-state index is 0.478. The molecule has 0 unspecified atom stereocenters. The first-order chi connectivity index (χ1) is 10.2. The van der Waals surface area contributed by atoms with Gasteiger partial charge in [0.1, 0.15) is 5.75 Å². The van der Waals surface area contributed by atoms with E-state index in [1.807, 2.05) is 48.5 Å². The number of ether oxygens (including phenoxy) is 1. The van der Waals surface area contributed by atoms with Gasteiger partial charge in [-0.2, -0.15) is 5.26 Å². The second-order valence-electron chi connectivity index (χ2n) is 4.74. The molecule has 2 aromatic carbocycles. The van der Waals surface area contributed by atoms with Crippen LogP contribution in [0.25, 0.3) is 0 Å². The first-order valence-electron chi connectivity index (χ1n) is 6.84. The fourth-order valence-electron chi connectivity index (χ4n) is 2.22. The number of nitrogen functional groups attached to an aromatic ring is 1. The fraction of sp³-hybridized carbons (Fsp3) is 0.235. The van der Waals surface area contributed by atoms with Crippen molar-refractivity contribution in [3.05, 3.63) is 54.1 Å². The topological polar surface area (TPSA) is 62.3 Å². The van der Waals surface area contributed by atoms with Crippen molar-refractivity contribution in [2.45, 2.75) is 13.0 Å². The first kappa shape index (κ1) is 14.7. The number of hydrogen-bond acceptors (Lipinski definition) is 4. The van der Waals surface area contributed by atoms with Gasteiger partial charge in [-0.3, -0.25) is 0 Å². The summed E-state index contributed by atoms with van der Waals surface area (Å²) in [4.78, 5) is 2.16. The number of nitriles is 1. The lowest BCUT2D eigenvalue weighted by atomic mass is 10.1. The molecule has 2 N–H and O–H groups in total. The zero-order valence-electron chi connectivity index (χ0n) is 12.1. The van der Waals surface area contributed by atoms with Crippen molar-refractivity contribution < 1.29 is 4.74 Å². The molecule has 0 saturated carbocycles. The average molecular weight is 281 g/mol. The van der Waals surface area contributed by atoms with Crippen molar-refractivity contribution in [2.24, 2.45) is 0 Å². The van der Waals surface area contributed by atoms with E-state index in [4.69, 9.17) is 15.7 Å². The molecule has 0 aliphatic carbocycles. The molecular formula is C17H19N3O. The quantitative estimate of drug-likeness (QED) is 0.826. The molecule has 0 aromatic heterocycles. The van der Waals surface area contributed by atoms with Crippen LogP contribution in [-0.2, 0) is 6.54 Å². The van der Waals surface area contributed by atoms with Crippen LogP contribution in [0.4, 0.5) is 11.4 Å². The van der Waals surface area contributed by atoms with Gasteiger partial charge in [0.05, 0.1) is 19.6 Å². The predicted molar refractivity (Wildman–Crippen MR) is 85.1 cm³/mol. The second-order valence-corrected chi connectivity index (χ2v) is 4.74. The summed E-state index contributed by atoms with van der Waals surface area (Å²) >= 11 is 0. The molecule has 0 amide bonds. The first-order valence-corrected chi connectivity index (χ1v) is 6.84. The van der Waals surface area contributed by atoms with Crippen LogP contribution in [0.3, 0.4) is 0 Å². The van der Waals surface area contributed by atoms with Gasteiger partial charge in [-0.05, 0) is 18.2 Å². The Balaban J connectivity index is 2.25. The van der Waals surface area contributed by atoms with Crippen molar-refractivity contribution in [1.82, 2.24) is 0 Å². The number of anilines is 2. The maximum atomic E-state index is 8.85. The van der Waals surface area contributed by atoms with Gasteiger partial charge in [0, 0.05) is 36.1 Å². The number of nitrogens with two attached hydrogens (primary N) is 1. The van der Waals surface area contributed by atoms with E-state index in [0.29, 0.717) is 25.2 Å². The number of methoxy groups -OCH3 is 1. The lowest BCUT2D eigenvalue weighted by Crippen LogP contribution is -2.23. The van der Waals surface area contributed by atoms with E-state index in [0.717, 1.165) is 17.0 Å². The Morgan fingerprint density at radius 3 is 2.62 bits per heavy atom. The summed E-state index contributed by atoms with van der Waals surface area (Å²) in [5, 5.41) is 8.85. The van der Waals surface area contributed by atoms with Crippen LogP contribution in [0.1, 0.15) is 12.0 Å². The number of hydrogen-bond donors (Lipinski definition) is 1. The zero-order chi connectivity index (χ0) is 15.1. The Labute approximate surface area is 125 Å². The number of nitrogens with zero attached hydrogens (tertiary/aromatic N) is 2. The van der Waals surface area contributed by atoms with E-state index in [1.165, 1.54) is 0 Å². The molecule has 4 nitrogen and oxygen atoms in total. The highest BCUT2D eigenvalue weighted by molar-refractivity contribution is 5.52. The molecule has 0 spiro atoms. The highest BCUT2D eigenvalue weighted by atomic mass is 16.5. The molecule has 108 valence electrons. The molecule has 4 heteroatoms. The fourth-order valence-corrected chi connectivity index (χ4v) is 2.22. The molecule has 0 saturated heterocycles. The van der Waals surface area contributed by atoms with Gasteiger partial charge in [-0.25, -0.2) is 0 Å². The summed E-state index contributed by atoms with van der Waals surface area (Å²) in [6, 6.07) is 17.9. The minimum atomic E-state index is 0.478. The molecule has 0 bridgehead atoms. The van der Waals surface area contributed by atoms with E-state index >= 15 is 0 Å². The molecule has 0 heterocycles. The third kappa shape index (κ3) is 3.90. The third-order valence-corrected chi connectivity index (χ3v) is 3.29. The number of para-hydroxylation sites is 1. The Hall–Kier alpha value is -2.67. The highest BCUT2D eigenvalue weighted by Crippen LogP contribution is 2.25. The monoisotopic (exact) mass is 281 g/mol. The zero-order valence-corrected chi connectivity index (χ0v) is 12.1. The van der Waals surface area contributed by atoms with Crippen molar-refractivity contribution >= 4 is 11.4 Å². The summed E-state index contributed by atoms with van der Waals surface area (Å²) in [6.45, 7) is 1.35. The Bertz CT molecular complexity index is 620. The van der Waals surface area contributed by atoms with Gasteiger partial charge >= 0.3 is 0 Å². The van der Waals surface area contributed by atoms with Crippen LogP contribution < -0.4 is 15.4 Å². The smallest absolute Gasteiger partial charge is 0.125 e. The molecule has 0 aliphatic rings. The van der Waals surface area contributed by atoms with E-state index in [-0.39, 0.29) is 0 Å². The predicted octanol–water partition coefficient (Wildman–Crippen LogP) is 3.20. The van der Waals surface area contributed by atoms with Gasteiger partial charge in [0.25, 0.3) is 0 Å². The van der Waals surface area contributed by atoms with Crippen LogP contribution in [0.5, 0.6) is 5.75 Å². The second kappa shape index (κ2) is 7.20. The van der Waals surface area contributed by atoms with Gasteiger partial charge in [-0.1, -0.05) is 24.3 Å². The van der Waals surface area contributed by atoms with Gasteiger partial charge in [0.2, 0.25) is 0 Å². The van der Waals surface area contributed by atoms with Crippen molar-refractivity contribution in [3.8, 4) is 11.8 Å². The minimum Gasteiger partial charge on any atom is -0.496 e. The lowest BCUT2D eigenvalue weighted by Gasteiger charge is -2.25. The third-order valence-electron chi connectivity index (χ3n) is 3.29. The Kier molecular flexibility index (Phi) is 5.05. The molecule has 2 rings (SSSR count). The molecule has 0 fully saturated rings. The van der Waals surface area contributed by atoms with Crippen molar-refractivity contribution in [2.75, 3.05) is 24.3 Å². The lowest BCUT2D eigenvalue weighted by molar-refractivity contribution is 0.409. The summed E-state index contributed by atoms with van der Waals surface area (Å²) in [5.74, 6) is 0.771. The number of rotatable bonds is 6. The summed E-state index contributed by atoms with van der Waals surface area (Å²) in [6.07, 6.45) is 0.478. The molecule has 0 aliphatic heterocycles. The Morgan fingerprint density at radius 1 is 1.19 bits per heavy atom. The summed E-state index contributed by atoms with van der Waals surface area (Å²) in [7, 11) is 1.64. The van der Waals surface area contributed by atoms with Gasteiger partial charge < -0.3 is 15.4 Å². The maximum Gasteiger partial charge on any atom is 0.125 e. The van der Waals surface area contributed by atoms with Crippen LogP contribution in [0.15, 0.2) is 48.5 Å². The maximum absolute atomic E-state index is 8.85. The molecule has 2 aromatic rings. The highest BCUT2D eigenvalue weighted by Gasteiger charge is 2.11. The normalized spacial score (nSPS) is 9.90. The van der Waals surface area contributed by atoms with E-state index in [1.54, 1.807) is 7.11 Å².